The van der Waals surface area contributed by atoms with Crippen LogP contribution in [0.2, 0.25) is 0 Å². The van der Waals surface area contributed by atoms with Crippen molar-refractivity contribution in [2.45, 2.75) is 32.7 Å². The molecule has 34 heavy (non-hydrogen) atoms. The van der Waals surface area contributed by atoms with Crippen LogP contribution in [0, 0.1) is 6.92 Å². The molecule has 5 rings (SSSR count). The monoisotopic (exact) mass is 518 g/mol. The fraction of sp³-hybridized carbons (Fsp3) is 0.222. The van der Waals surface area contributed by atoms with E-state index >= 15 is 0 Å². The van der Waals surface area contributed by atoms with Gasteiger partial charge in [0.2, 0.25) is 5.76 Å². The maximum atomic E-state index is 13.7. The number of unbranched alkanes of at least 4 members (excludes halogenated alkanes) is 1. The van der Waals surface area contributed by atoms with Gasteiger partial charge in [0, 0.05) is 10.7 Å². The summed E-state index contributed by atoms with van der Waals surface area (Å²) in [4.78, 5) is 33.4. The molecule has 4 aromatic rings. The summed E-state index contributed by atoms with van der Waals surface area (Å²) in [6.45, 7) is 4.64. The topological polar surface area (TPSA) is 72.6 Å². The van der Waals surface area contributed by atoms with Crippen molar-refractivity contribution in [3.05, 3.63) is 97.9 Å². The lowest BCUT2D eigenvalue weighted by atomic mass is 9.98. The van der Waals surface area contributed by atoms with Gasteiger partial charge in [0.25, 0.3) is 5.91 Å². The van der Waals surface area contributed by atoms with Crippen molar-refractivity contribution in [3.63, 3.8) is 0 Å². The standard InChI is InChI=1S/C27H23BrN2O4/c1-3-4-12-33-19-7-5-6-17(14-19)24-23-25(31)20-15-18(28)8-9-21(20)34-26(23)27(32)30(24)22-13-16(2)10-11-29-22/h5-11,13-15,24H,3-4,12H2,1-2H3. The predicted octanol–water partition coefficient (Wildman–Crippen LogP) is 6.19. The first-order chi connectivity index (χ1) is 16.5. The molecule has 7 heteroatoms. The number of nitrogens with zero attached hydrogens (tertiary/aromatic N) is 2. The van der Waals surface area contributed by atoms with Crippen LogP contribution in [-0.2, 0) is 0 Å². The molecule has 2 aromatic carbocycles. The molecule has 0 aliphatic carbocycles. The fourth-order valence-corrected chi connectivity index (χ4v) is 4.62. The van der Waals surface area contributed by atoms with Crippen LogP contribution in [0.4, 0.5) is 5.82 Å². The molecule has 0 spiro atoms. The molecule has 0 bridgehead atoms. The number of benzene rings is 2. The fourth-order valence-electron chi connectivity index (χ4n) is 4.26. The third kappa shape index (κ3) is 3.90. The number of anilines is 1. The summed E-state index contributed by atoms with van der Waals surface area (Å²) >= 11 is 3.43. The third-order valence-corrected chi connectivity index (χ3v) is 6.41. The van der Waals surface area contributed by atoms with Crippen molar-refractivity contribution in [1.29, 1.82) is 0 Å². The lowest BCUT2D eigenvalue weighted by Crippen LogP contribution is -2.30. The molecule has 1 aliphatic rings. The summed E-state index contributed by atoms with van der Waals surface area (Å²) in [6, 6.07) is 15.7. The van der Waals surface area contributed by atoms with Gasteiger partial charge in [-0.25, -0.2) is 4.98 Å². The molecule has 1 unspecified atom stereocenters. The minimum Gasteiger partial charge on any atom is -0.494 e. The number of rotatable bonds is 6. The molecule has 0 saturated carbocycles. The van der Waals surface area contributed by atoms with E-state index in [-0.39, 0.29) is 11.2 Å². The van der Waals surface area contributed by atoms with Crippen LogP contribution in [0.15, 0.2) is 74.5 Å². The molecular formula is C27H23BrN2O4. The molecule has 0 N–H and O–H groups in total. The van der Waals surface area contributed by atoms with E-state index in [1.807, 2.05) is 43.3 Å². The Hall–Kier alpha value is -3.45. The second-order valence-electron chi connectivity index (χ2n) is 8.36. The van der Waals surface area contributed by atoms with Crippen LogP contribution in [0.3, 0.4) is 0 Å². The highest BCUT2D eigenvalue weighted by Crippen LogP contribution is 2.41. The summed E-state index contributed by atoms with van der Waals surface area (Å²) in [5.41, 5.74) is 2.16. The molecule has 1 amide bonds. The minimum atomic E-state index is -0.689. The lowest BCUT2D eigenvalue weighted by molar-refractivity contribution is 0.0970. The molecule has 2 aromatic heterocycles. The number of carbonyl (C=O) groups excluding carboxylic acids is 1. The van der Waals surface area contributed by atoms with Crippen molar-refractivity contribution in [3.8, 4) is 5.75 Å². The number of ether oxygens (including phenoxy) is 1. The second kappa shape index (κ2) is 9.06. The number of aromatic nitrogens is 1. The second-order valence-corrected chi connectivity index (χ2v) is 9.27. The van der Waals surface area contributed by atoms with Crippen molar-refractivity contribution >= 4 is 38.6 Å². The first-order valence-electron chi connectivity index (χ1n) is 11.2. The lowest BCUT2D eigenvalue weighted by Gasteiger charge is -2.24. The molecular weight excluding hydrogens is 496 g/mol. The Morgan fingerprint density at radius 1 is 1.12 bits per heavy atom. The Balaban J connectivity index is 1.72. The average molecular weight is 519 g/mol. The van der Waals surface area contributed by atoms with E-state index in [0.717, 1.165) is 28.4 Å². The quantitative estimate of drug-likeness (QED) is 0.284. The van der Waals surface area contributed by atoms with E-state index in [0.29, 0.717) is 34.7 Å². The normalized spacial score (nSPS) is 15.1. The summed E-state index contributed by atoms with van der Waals surface area (Å²) in [5.74, 6) is 0.808. The first-order valence-corrected chi connectivity index (χ1v) is 12.0. The molecule has 172 valence electrons. The van der Waals surface area contributed by atoms with Gasteiger partial charge >= 0.3 is 0 Å². The van der Waals surface area contributed by atoms with Gasteiger partial charge in [0.1, 0.15) is 17.2 Å². The number of aryl methyl sites for hydroxylation is 1. The van der Waals surface area contributed by atoms with Crippen LogP contribution >= 0.6 is 15.9 Å². The zero-order chi connectivity index (χ0) is 23.8. The highest BCUT2D eigenvalue weighted by atomic mass is 79.9. The maximum absolute atomic E-state index is 13.7. The largest absolute Gasteiger partial charge is 0.494 e. The maximum Gasteiger partial charge on any atom is 0.296 e. The molecule has 3 heterocycles. The number of fused-ring (bicyclic) bond motifs is 2. The van der Waals surface area contributed by atoms with Crippen molar-refractivity contribution in [2.75, 3.05) is 11.5 Å². The van der Waals surface area contributed by atoms with Crippen LogP contribution in [0.1, 0.15) is 53.1 Å². The Morgan fingerprint density at radius 2 is 1.97 bits per heavy atom. The summed E-state index contributed by atoms with van der Waals surface area (Å²) < 4.78 is 12.7. The number of pyridine rings is 1. The van der Waals surface area contributed by atoms with Gasteiger partial charge < -0.3 is 9.15 Å². The van der Waals surface area contributed by atoms with E-state index in [2.05, 4.69) is 27.8 Å². The van der Waals surface area contributed by atoms with Gasteiger partial charge in [-0.1, -0.05) is 41.4 Å². The van der Waals surface area contributed by atoms with Crippen LogP contribution < -0.4 is 15.1 Å². The van der Waals surface area contributed by atoms with Gasteiger partial charge in [0.05, 0.1) is 23.6 Å². The van der Waals surface area contributed by atoms with Crippen LogP contribution in [0.5, 0.6) is 5.75 Å². The number of carbonyl (C=O) groups is 1. The van der Waals surface area contributed by atoms with E-state index in [1.54, 1.807) is 29.3 Å². The van der Waals surface area contributed by atoms with E-state index in [4.69, 9.17) is 9.15 Å². The smallest absolute Gasteiger partial charge is 0.296 e. The molecule has 0 saturated heterocycles. The van der Waals surface area contributed by atoms with Crippen LogP contribution in [-0.4, -0.2) is 17.5 Å². The van der Waals surface area contributed by atoms with Gasteiger partial charge in [-0.15, -0.1) is 0 Å². The number of hydrogen-bond donors (Lipinski definition) is 0. The summed E-state index contributed by atoms with van der Waals surface area (Å²) in [6.07, 6.45) is 3.63. The third-order valence-electron chi connectivity index (χ3n) is 5.92. The number of hydrogen-bond acceptors (Lipinski definition) is 5. The van der Waals surface area contributed by atoms with Gasteiger partial charge in [-0.3, -0.25) is 14.5 Å². The molecule has 0 radical (unpaired) electrons. The average Bonchev–Trinajstić information content (AvgIpc) is 3.12. The van der Waals surface area contributed by atoms with Crippen molar-refractivity contribution in [1.82, 2.24) is 4.98 Å². The van der Waals surface area contributed by atoms with Crippen molar-refractivity contribution in [2.24, 2.45) is 0 Å². The minimum absolute atomic E-state index is 0.0467. The Labute approximate surface area is 205 Å². The summed E-state index contributed by atoms with van der Waals surface area (Å²) in [5, 5.41) is 0.417. The Kier molecular flexibility index (Phi) is 5.96. The van der Waals surface area contributed by atoms with E-state index in [9.17, 15) is 9.59 Å². The SMILES string of the molecule is CCCCOc1cccc(C2c3c(oc4ccc(Br)cc4c3=O)C(=O)N2c2cc(C)ccn2)c1. The number of halogens is 1. The van der Waals surface area contributed by atoms with E-state index < -0.39 is 11.9 Å². The zero-order valence-electron chi connectivity index (χ0n) is 18.9. The first kappa shape index (κ1) is 22.3. The highest BCUT2D eigenvalue weighted by molar-refractivity contribution is 9.10. The predicted molar refractivity (Wildman–Crippen MR) is 135 cm³/mol. The molecule has 1 atom stereocenters. The summed E-state index contributed by atoms with van der Waals surface area (Å²) in [7, 11) is 0. The zero-order valence-corrected chi connectivity index (χ0v) is 20.5. The van der Waals surface area contributed by atoms with Gasteiger partial charge in [0.15, 0.2) is 5.43 Å². The van der Waals surface area contributed by atoms with E-state index in [1.165, 1.54) is 0 Å². The molecule has 1 aliphatic heterocycles. The molecule has 0 fully saturated rings. The molecule has 6 nitrogen and oxygen atoms in total. The Morgan fingerprint density at radius 3 is 2.76 bits per heavy atom. The van der Waals surface area contributed by atoms with Crippen LogP contribution in [0.25, 0.3) is 11.0 Å². The Bertz CT molecular complexity index is 1460. The van der Waals surface area contributed by atoms with Gasteiger partial charge in [-0.05, 0) is 66.9 Å². The van der Waals surface area contributed by atoms with Crippen molar-refractivity contribution < 1.29 is 13.9 Å². The number of amides is 1. The van der Waals surface area contributed by atoms with Gasteiger partial charge in [-0.2, -0.15) is 0 Å². The highest BCUT2D eigenvalue weighted by Gasteiger charge is 2.44.